The predicted molar refractivity (Wildman–Crippen MR) is 110 cm³/mol. The van der Waals surface area contributed by atoms with Crippen molar-refractivity contribution in [1.29, 1.82) is 0 Å². The maximum atomic E-state index is 4.57. The smallest absolute Gasteiger partial charge is 0.0435 e. The average Bonchev–Trinajstić information content (AvgIpc) is 2.67. The number of rotatable bonds is 4. The molecule has 0 saturated carbocycles. The van der Waals surface area contributed by atoms with Crippen LogP contribution >= 0.6 is 0 Å². The molecule has 1 unspecified atom stereocenters. The van der Waals surface area contributed by atoms with E-state index in [-0.39, 0.29) is 0 Å². The van der Waals surface area contributed by atoms with Crippen LogP contribution in [0.1, 0.15) is 49.4 Å². The molecule has 4 aromatic rings. The third kappa shape index (κ3) is 3.32. The normalized spacial score (nSPS) is 12.8. The highest BCUT2D eigenvalue weighted by molar-refractivity contribution is 5.83. The molecule has 0 spiro atoms. The first kappa shape index (κ1) is 16.7. The summed E-state index contributed by atoms with van der Waals surface area (Å²) in [6.45, 7) is 6.68. The van der Waals surface area contributed by atoms with Crippen LogP contribution in [0.15, 0.2) is 67.1 Å². The number of aromatic nitrogens is 2. The lowest BCUT2D eigenvalue weighted by Crippen LogP contribution is -1.99. The van der Waals surface area contributed by atoms with Crippen molar-refractivity contribution in [1.82, 2.24) is 9.97 Å². The molecule has 2 aromatic heterocycles. The Bertz CT molecular complexity index is 1070. The van der Waals surface area contributed by atoms with E-state index < -0.39 is 0 Å². The monoisotopic (exact) mass is 340 g/mol. The number of hydrogen-bond acceptors (Lipinski definition) is 2. The fraction of sp³-hybridized carbons (Fsp3) is 0.250. The molecule has 0 fully saturated rings. The molecule has 2 nitrogen and oxygen atoms in total. The van der Waals surface area contributed by atoms with Crippen molar-refractivity contribution in [3.8, 4) is 0 Å². The molecule has 0 aliphatic carbocycles. The lowest BCUT2D eigenvalue weighted by molar-refractivity contribution is 0.761. The van der Waals surface area contributed by atoms with E-state index in [2.05, 4.69) is 79.3 Å². The van der Waals surface area contributed by atoms with E-state index in [1.807, 2.05) is 18.6 Å². The lowest BCUT2D eigenvalue weighted by atomic mass is 9.91. The van der Waals surface area contributed by atoms with Gasteiger partial charge in [0.25, 0.3) is 0 Å². The van der Waals surface area contributed by atoms with Gasteiger partial charge in [-0.1, -0.05) is 57.2 Å². The minimum absolute atomic E-state index is 0.453. The standard InChI is InChI=1S/C24H24N2/c1-16(2)24-13-23-11-18(4-5-22(23)15-26-24)10-17(3)19-6-7-21-14-25-9-8-20(21)12-19/h4-9,11-17H,10H2,1-3H3. The molecular weight excluding hydrogens is 316 g/mol. The number of benzene rings is 2. The van der Waals surface area contributed by atoms with Crippen LogP contribution in [0, 0.1) is 0 Å². The number of pyridine rings is 2. The zero-order chi connectivity index (χ0) is 18.1. The summed E-state index contributed by atoms with van der Waals surface area (Å²) in [5.41, 5.74) is 3.91. The second kappa shape index (κ2) is 6.87. The maximum absolute atomic E-state index is 4.57. The van der Waals surface area contributed by atoms with E-state index in [0.717, 1.165) is 12.1 Å². The Balaban J connectivity index is 1.62. The summed E-state index contributed by atoms with van der Waals surface area (Å²) in [6.07, 6.45) is 6.81. The van der Waals surface area contributed by atoms with Gasteiger partial charge in [0.15, 0.2) is 0 Å². The van der Waals surface area contributed by atoms with Crippen molar-refractivity contribution in [2.75, 3.05) is 0 Å². The summed E-state index contributed by atoms with van der Waals surface area (Å²) in [4.78, 5) is 8.77. The highest BCUT2D eigenvalue weighted by Crippen LogP contribution is 2.26. The van der Waals surface area contributed by atoms with Crippen LogP contribution in [0.25, 0.3) is 21.5 Å². The first-order valence-electron chi connectivity index (χ1n) is 9.32. The van der Waals surface area contributed by atoms with E-state index in [9.17, 15) is 0 Å². The summed E-state index contributed by atoms with van der Waals surface area (Å²) in [7, 11) is 0. The Morgan fingerprint density at radius 1 is 0.769 bits per heavy atom. The van der Waals surface area contributed by atoms with Crippen LogP contribution < -0.4 is 0 Å². The van der Waals surface area contributed by atoms with Gasteiger partial charge in [0.2, 0.25) is 0 Å². The SMILES string of the molecule is CC(C)c1cc2cc(CC(C)c3ccc4cnccc4c3)ccc2cn1. The topological polar surface area (TPSA) is 25.8 Å². The van der Waals surface area contributed by atoms with Crippen LogP contribution in [0.4, 0.5) is 0 Å². The van der Waals surface area contributed by atoms with Crippen LogP contribution in [-0.2, 0) is 6.42 Å². The van der Waals surface area contributed by atoms with Gasteiger partial charge in [0.05, 0.1) is 0 Å². The van der Waals surface area contributed by atoms with Gasteiger partial charge < -0.3 is 0 Å². The highest BCUT2D eigenvalue weighted by atomic mass is 14.7. The van der Waals surface area contributed by atoms with Gasteiger partial charge in [-0.2, -0.15) is 0 Å². The molecule has 2 aromatic carbocycles. The molecule has 0 saturated heterocycles. The Morgan fingerprint density at radius 3 is 2.42 bits per heavy atom. The van der Waals surface area contributed by atoms with Crippen molar-refractivity contribution >= 4 is 21.5 Å². The molecule has 1 atom stereocenters. The van der Waals surface area contributed by atoms with Gasteiger partial charge in [-0.15, -0.1) is 0 Å². The zero-order valence-corrected chi connectivity index (χ0v) is 15.6. The van der Waals surface area contributed by atoms with E-state index in [0.29, 0.717) is 11.8 Å². The highest BCUT2D eigenvalue weighted by Gasteiger charge is 2.09. The molecule has 2 heteroatoms. The van der Waals surface area contributed by atoms with Gasteiger partial charge in [-0.3, -0.25) is 9.97 Å². The molecule has 0 N–H and O–H groups in total. The summed E-state index contributed by atoms with van der Waals surface area (Å²) >= 11 is 0. The first-order valence-corrected chi connectivity index (χ1v) is 9.32. The molecule has 0 bridgehead atoms. The van der Waals surface area contributed by atoms with Crippen molar-refractivity contribution in [3.05, 3.63) is 83.9 Å². The van der Waals surface area contributed by atoms with Gasteiger partial charge in [0.1, 0.15) is 0 Å². The van der Waals surface area contributed by atoms with E-state index in [1.165, 1.54) is 32.7 Å². The van der Waals surface area contributed by atoms with Crippen LogP contribution in [0.5, 0.6) is 0 Å². The predicted octanol–water partition coefficient (Wildman–Crippen LogP) is 6.25. The summed E-state index contributed by atoms with van der Waals surface area (Å²) in [6, 6.07) is 17.8. The molecule has 130 valence electrons. The van der Waals surface area contributed by atoms with Gasteiger partial charge >= 0.3 is 0 Å². The Morgan fingerprint density at radius 2 is 1.58 bits per heavy atom. The Kier molecular flexibility index (Phi) is 4.42. The Labute approximate surface area is 154 Å². The van der Waals surface area contributed by atoms with Crippen molar-refractivity contribution < 1.29 is 0 Å². The van der Waals surface area contributed by atoms with Crippen molar-refractivity contribution in [2.24, 2.45) is 0 Å². The second-order valence-corrected chi connectivity index (χ2v) is 7.53. The number of fused-ring (bicyclic) bond motifs is 2. The summed E-state index contributed by atoms with van der Waals surface area (Å²) in [5, 5.41) is 4.96. The molecule has 4 rings (SSSR count). The quantitative estimate of drug-likeness (QED) is 0.438. The fourth-order valence-corrected chi connectivity index (χ4v) is 3.53. The molecule has 0 radical (unpaired) electrons. The van der Waals surface area contributed by atoms with E-state index in [4.69, 9.17) is 0 Å². The van der Waals surface area contributed by atoms with Gasteiger partial charge in [-0.25, -0.2) is 0 Å². The molecule has 0 aliphatic heterocycles. The number of hydrogen-bond donors (Lipinski definition) is 0. The van der Waals surface area contributed by atoms with Gasteiger partial charge in [-0.05, 0) is 52.3 Å². The van der Waals surface area contributed by atoms with E-state index in [1.54, 1.807) is 0 Å². The summed E-state index contributed by atoms with van der Waals surface area (Å²) in [5.74, 6) is 0.922. The third-order valence-corrected chi connectivity index (χ3v) is 5.17. The lowest BCUT2D eigenvalue weighted by Gasteiger charge is -2.14. The molecule has 0 aliphatic rings. The second-order valence-electron chi connectivity index (χ2n) is 7.53. The molecule has 0 amide bonds. The van der Waals surface area contributed by atoms with Crippen molar-refractivity contribution in [2.45, 2.75) is 39.0 Å². The van der Waals surface area contributed by atoms with Crippen LogP contribution in [0.2, 0.25) is 0 Å². The maximum Gasteiger partial charge on any atom is 0.0435 e. The third-order valence-electron chi connectivity index (χ3n) is 5.17. The van der Waals surface area contributed by atoms with E-state index >= 15 is 0 Å². The van der Waals surface area contributed by atoms with Crippen LogP contribution in [-0.4, -0.2) is 9.97 Å². The average molecular weight is 340 g/mol. The first-order chi connectivity index (χ1) is 12.6. The van der Waals surface area contributed by atoms with Crippen molar-refractivity contribution in [3.63, 3.8) is 0 Å². The van der Waals surface area contributed by atoms with Crippen LogP contribution in [0.3, 0.4) is 0 Å². The zero-order valence-electron chi connectivity index (χ0n) is 15.6. The minimum atomic E-state index is 0.453. The fourth-order valence-electron chi connectivity index (χ4n) is 3.53. The van der Waals surface area contributed by atoms with Gasteiger partial charge in [0, 0.05) is 35.1 Å². The largest absolute Gasteiger partial charge is 0.264 e. The molecule has 2 heterocycles. The Hall–Kier alpha value is -2.74. The minimum Gasteiger partial charge on any atom is -0.264 e. The molecular formula is C24H24N2. The molecule has 26 heavy (non-hydrogen) atoms. The summed E-state index contributed by atoms with van der Waals surface area (Å²) < 4.78 is 0. The number of nitrogens with zero attached hydrogens (tertiary/aromatic N) is 2.